The van der Waals surface area contributed by atoms with E-state index in [0.29, 0.717) is 17.9 Å². The standard InChI is InChI=1S/C42H54N8O10S/c1-25-38(61-24-45-25)28-10-8-27(9-11-28)20-44-40(54)31-18-29(60-22-30-26(2)49(6)36-32(51)19-33(56-7)37(53)35(30)36)21-50(31)41(55)39(42(3,4)5)47-34(52)23-59-17-16-58-15-14-57-13-12-46-48-43/h8-11,19,24,29,31,39H,12-18,20-23H2,1-7H3,(H,44,54)(H,47,52)/t29-,31+,39-/m1/s1. The number of fused-ring (bicyclic) bond motifs is 1. The summed E-state index contributed by atoms with van der Waals surface area (Å²) < 4.78 is 29.5. The van der Waals surface area contributed by atoms with Crippen molar-refractivity contribution in [3.05, 3.63) is 85.8 Å². The van der Waals surface area contributed by atoms with E-state index in [2.05, 4.69) is 25.6 Å². The molecule has 1 fully saturated rings. The van der Waals surface area contributed by atoms with Crippen molar-refractivity contribution in [2.75, 3.05) is 59.8 Å². The summed E-state index contributed by atoms with van der Waals surface area (Å²) in [6.45, 7) is 10.5. The summed E-state index contributed by atoms with van der Waals surface area (Å²) in [5.41, 5.74) is 13.8. The first-order valence-electron chi connectivity index (χ1n) is 19.9. The van der Waals surface area contributed by atoms with Crippen molar-refractivity contribution in [3.63, 3.8) is 0 Å². The number of azide groups is 1. The SMILES string of the molecule is COC1=CC(=O)c2c(c(CO[C@@H]3C[C@@H](C(=O)NCc4ccc(-c5scnc5C)cc4)N(C(=O)[C@@H](NC(=O)COCCOCCOCCN=[N+]=[N-])C(C)(C)C)C3)c(C)n2C)C1=O. The van der Waals surface area contributed by atoms with E-state index in [1.807, 2.05) is 52.0 Å². The molecule has 0 saturated carbocycles. The Morgan fingerprint density at radius 3 is 2.38 bits per heavy atom. The van der Waals surface area contributed by atoms with Gasteiger partial charge in [-0.05, 0) is 35.9 Å². The topological polar surface area (TPSA) is 225 Å². The molecule has 1 aromatic carbocycles. The van der Waals surface area contributed by atoms with Crippen molar-refractivity contribution in [1.29, 1.82) is 0 Å². The van der Waals surface area contributed by atoms with Crippen LogP contribution in [0.3, 0.4) is 0 Å². The molecule has 3 aromatic rings. The smallest absolute Gasteiger partial charge is 0.246 e. The summed E-state index contributed by atoms with van der Waals surface area (Å²) >= 11 is 1.55. The highest BCUT2D eigenvalue weighted by Crippen LogP contribution is 2.33. The minimum absolute atomic E-state index is 0.0233. The minimum atomic E-state index is -1.04. The van der Waals surface area contributed by atoms with Gasteiger partial charge in [0.15, 0.2) is 5.76 Å². The minimum Gasteiger partial charge on any atom is -0.492 e. The molecule has 3 amide bonds. The van der Waals surface area contributed by atoms with Crippen LogP contribution in [0, 0.1) is 19.3 Å². The van der Waals surface area contributed by atoms with Crippen molar-refractivity contribution >= 4 is 40.6 Å². The molecule has 18 nitrogen and oxygen atoms in total. The highest BCUT2D eigenvalue weighted by atomic mass is 32.1. The number of likely N-dealkylation sites (tertiary alicyclic amines) is 1. The van der Waals surface area contributed by atoms with Crippen LogP contribution in [-0.4, -0.2) is 122 Å². The number of benzene rings is 1. The summed E-state index contributed by atoms with van der Waals surface area (Å²) in [6, 6.07) is 5.83. The van der Waals surface area contributed by atoms with Gasteiger partial charge in [0.05, 0.1) is 74.5 Å². The average molecular weight is 863 g/mol. The van der Waals surface area contributed by atoms with Gasteiger partial charge in [0.25, 0.3) is 0 Å². The number of methoxy groups -OCH3 is 1. The maximum atomic E-state index is 14.5. The molecule has 328 valence electrons. The maximum Gasteiger partial charge on any atom is 0.246 e. The van der Waals surface area contributed by atoms with E-state index in [1.165, 1.54) is 18.1 Å². The molecule has 19 heteroatoms. The molecule has 61 heavy (non-hydrogen) atoms. The number of carbonyl (C=O) groups is 5. The Morgan fingerprint density at radius 2 is 1.74 bits per heavy atom. The van der Waals surface area contributed by atoms with Crippen molar-refractivity contribution in [2.24, 2.45) is 17.6 Å². The van der Waals surface area contributed by atoms with Gasteiger partial charge >= 0.3 is 0 Å². The Labute approximate surface area is 358 Å². The number of rotatable bonds is 21. The first kappa shape index (κ1) is 46.6. The van der Waals surface area contributed by atoms with Gasteiger partial charge in [-0.2, -0.15) is 0 Å². The molecule has 3 heterocycles. The van der Waals surface area contributed by atoms with Gasteiger partial charge in [-0.3, -0.25) is 24.0 Å². The Balaban J connectivity index is 1.27. The van der Waals surface area contributed by atoms with Crippen LogP contribution in [0.4, 0.5) is 0 Å². The lowest BCUT2D eigenvalue weighted by molar-refractivity contribution is -0.144. The predicted octanol–water partition coefficient (Wildman–Crippen LogP) is 4.37. The van der Waals surface area contributed by atoms with E-state index in [0.717, 1.165) is 21.7 Å². The first-order valence-corrected chi connectivity index (χ1v) is 20.8. The summed E-state index contributed by atoms with van der Waals surface area (Å²) in [5, 5.41) is 9.21. The summed E-state index contributed by atoms with van der Waals surface area (Å²) in [7, 11) is 3.03. The number of aryl methyl sites for hydroxylation is 1. The normalized spacial score (nSPS) is 16.8. The quantitative estimate of drug-likeness (QED) is 0.0662. The van der Waals surface area contributed by atoms with E-state index < -0.39 is 47.1 Å². The summed E-state index contributed by atoms with van der Waals surface area (Å²) in [5.74, 6) is -2.24. The van der Waals surface area contributed by atoms with Crippen LogP contribution >= 0.6 is 11.3 Å². The molecule has 1 saturated heterocycles. The van der Waals surface area contributed by atoms with Gasteiger partial charge in [-0.25, -0.2) is 4.98 Å². The van der Waals surface area contributed by atoms with Gasteiger partial charge in [-0.15, -0.1) is 11.3 Å². The molecule has 0 bridgehead atoms. The van der Waals surface area contributed by atoms with E-state index in [-0.39, 0.29) is 88.5 Å². The van der Waals surface area contributed by atoms with Crippen LogP contribution in [0.15, 0.2) is 46.7 Å². The molecule has 2 N–H and O–H groups in total. The molecule has 5 rings (SSSR count). The molecular weight excluding hydrogens is 809 g/mol. The number of amides is 3. The number of ether oxygens (including phenoxy) is 5. The largest absolute Gasteiger partial charge is 0.492 e. The second-order valence-corrected chi connectivity index (χ2v) is 16.6. The zero-order valence-electron chi connectivity index (χ0n) is 35.6. The van der Waals surface area contributed by atoms with Gasteiger partial charge in [0, 0.05) is 55.3 Å². The fourth-order valence-corrected chi connectivity index (χ4v) is 7.95. The first-order chi connectivity index (χ1) is 29.2. The zero-order chi connectivity index (χ0) is 44.3. The van der Waals surface area contributed by atoms with Crippen molar-refractivity contribution in [3.8, 4) is 10.4 Å². The van der Waals surface area contributed by atoms with Crippen LogP contribution < -0.4 is 10.6 Å². The number of allylic oxidation sites excluding steroid dienone is 2. The second-order valence-electron chi connectivity index (χ2n) is 15.7. The van der Waals surface area contributed by atoms with Gasteiger partial charge in [0.2, 0.25) is 29.3 Å². The number of aromatic nitrogens is 2. The van der Waals surface area contributed by atoms with Gasteiger partial charge in [0.1, 0.15) is 24.4 Å². The molecule has 0 radical (unpaired) electrons. The highest BCUT2D eigenvalue weighted by Gasteiger charge is 2.45. The molecule has 1 aliphatic carbocycles. The van der Waals surface area contributed by atoms with E-state index in [9.17, 15) is 24.0 Å². The Bertz CT molecular complexity index is 2150. The lowest BCUT2D eigenvalue weighted by atomic mass is 9.85. The van der Waals surface area contributed by atoms with E-state index >= 15 is 0 Å². The number of nitrogens with one attached hydrogen (secondary N) is 2. The fraction of sp³-hybridized carbons (Fsp3) is 0.524. The van der Waals surface area contributed by atoms with Gasteiger partial charge < -0.3 is 43.8 Å². The van der Waals surface area contributed by atoms with Crippen LogP contribution in [0.25, 0.3) is 20.9 Å². The third kappa shape index (κ3) is 11.7. The number of ketones is 2. The molecule has 0 unspecified atom stereocenters. The van der Waals surface area contributed by atoms with E-state index in [1.54, 1.807) is 35.4 Å². The van der Waals surface area contributed by atoms with Crippen LogP contribution in [0.2, 0.25) is 0 Å². The monoisotopic (exact) mass is 862 g/mol. The summed E-state index contributed by atoms with van der Waals surface area (Å²) in [6.07, 6.45) is 0.676. The molecule has 0 spiro atoms. The van der Waals surface area contributed by atoms with Crippen LogP contribution in [-0.2, 0) is 58.3 Å². The fourth-order valence-electron chi connectivity index (χ4n) is 7.14. The zero-order valence-corrected chi connectivity index (χ0v) is 36.5. The predicted molar refractivity (Wildman–Crippen MR) is 225 cm³/mol. The van der Waals surface area contributed by atoms with Crippen LogP contribution in [0.1, 0.15) is 70.6 Å². The lowest BCUT2D eigenvalue weighted by Gasteiger charge is -2.35. The number of thiazole rings is 1. The van der Waals surface area contributed by atoms with Crippen molar-refractivity contribution in [2.45, 2.75) is 72.4 Å². The average Bonchev–Trinajstić information content (AvgIpc) is 3.93. The summed E-state index contributed by atoms with van der Waals surface area (Å²) in [4.78, 5) is 77.6. The third-order valence-corrected chi connectivity index (χ3v) is 11.5. The van der Waals surface area contributed by atoms with Gasteiger partial charge in [-0.1, -0.05) is 50.2 Å². The number of hydrogen-bond acceptors (Lipinski definition) is 13. The molecule has 3 atom stereocenters. The molecular formula is C42H54N8O10S. The van der Waals surface area contributed by atoms with Crippen molar-refractivity contribution in [1.82, 2.24) is 25.1 Å². The Hall–Kier alpha value is -5.43. The Morgan fingerprint density at radius 1 is 1.05 bits per heavy atom. The van der Waals surface area contributed by atoms with Crippen molar-refractivity contribution < 1.29 is 47.7 Å². The lowest BCUT2D eigenvalue weighted by Crippen LogP contribution is -2.58. The number of Topliss-reactive ketones (excluding diaryl/α,β-unsaturated/α-hetero) is 1. The Kier molecular flexibility index (Phi) is 16.3. The third-order valence-electron chi connectivity index (χ3n) is 10.5. The number of nitrogens with zero attached hydrogens (tertiary/aromatic N) is 6. The van der Waals surface area contributed by atoms with E-state index in [4.69, 9.17) is 29.2 Å². The molecule has 2 aliphatic rings. The maximum absolute atomic E-state index is 14.5. The highest BCUT2D eigenvalue weighted by molar-refractivity contribution is 7.13. The number of hydrogen-bond donors (Lipinski definition) is 2. The molecule has 1 aliphatic heterocycles. The number of carbonyl (C=O) groups excluding carboxylic acids is 5. The van der Waals surface area contributed by atoms with Crippen LogP contribution in [0.5, 0.6) is 0 Å². The second kappa shape index (κ2) is 21.4. The molecule has 2 aromatic heterocycles.